The summed E-state index contributed by atoms with van der Waals surface area (Å²) in [5.41, 5.74) is 2.61. The molecule has 0 atom stereocenters. The number of hydrogen-bond donors (Lipinski definition) is 1. The summed E-state index contributed by atoms with van der Waals surface area (Å²) in [4.78, 5) is 18.4. The van der Waals surface area contributed by atoms with Gasteiger partial charge in [-0.3, -0.25) is 14.7 Å². The quantitative estimate of drug-likeness (QED) is 0.834. The molecular formula is C19H24N4O3S. The average Bonchev–Trinajstić information content (AvgIpc) is 2.69. The zero-order valence-corrected chi connectivity index (χ0v) is 16.4. The number of rotatable bonds is 5. The molecule has 0 aliphatic carbocycles. The minimum absolute atomic E-state index is 0.212. The van der Waals surface area contributed by atoms with Gasteiger partial charge in [0.2, 0.25) is 10.0 Å². The Morgan fingerprint density at radius 1 is 1.11 bits per heavy atom. The number of benzene rings is 1. The lowest BCUT2D eigenvalue weighted by molar-refractivity contribution is 0.0963. The van der Waals surface area contributed by atoms with E-state index in [-0.39, 0.29) is 10.8 Å². The number of amides is 1. The van der Waals surface area contributed by atoms with Crippen LogP contribution >= 0.6 is 0 Å². The topological polar surface area (TPSA) is 82.6 Å². The molecule has 2 heterocycles. The van der Waals surface area contributed by atoms with Crippen LogP contribution in [-0.2, 0) is 16.6 Å². The molecule has 1 aromatic heterocycles. The molecule has 7 nitrogen and oxygen atoms in total. The van der Waals surface area contributed by atoms with Crippen molar-refractivity contribution in [2.75, 3.05) is 33.2 Å². The highest BCUT2D eigenvalue weighted by Crippen LogP contribution is 2.19. The van der Waals surface area contributed by atoms with Gasteiger partial charge in [-0.25, -0.2) is 8.42 Å². The SMILES string of the molecule is CNC(=O)c1ccc(S(=O)(=O)N2CCN(Cc3ncccc3C)CC2)cc1. The summed E-state index contributed by atoms with van der Waals surface area (Å²) in [5.74, 6) is -0.239. The second-order valence-corrected chi connectivity index (χ2v) is 8.49. The van der Waals surface area contributed by atoms with Gasteiger partial charge in [0.25, 0.3) is 5.91 Å². The molecule has 1 fully saturated rings. The van der Waals surface area contributed by atoms with Gasteiger partial charge in [-0.15, -0.1) is 0 Å². The van der Waals surface area contributed by atoms with Crippen molar-refractivity contribution in [2.45, 2.75) is 18.4 Å². The van der Waals surface area contributed by atoms with Crippen LogP contribution in [0.25, 0.3) is 0 Å². The van der Waals surface area contributed by atoms with Crippen molar-refractivity contribution in [3.8, 4) is 0 Å². The van der Waals surface area contributed by atoms with E-state index in [1.807, 2.05) is 19.1 Å². The van der Waals surface area contributed by atoms with E-state index in [1.165, 1.54) is 28.6 Å². The highest BCUT2D eigenvalue weighted by Gasteiger charge is 2.28. The molecule has 1 saturated heterocycles. The van der Waals surface area contributed by atoms with Crippen LogP contribution in [0.3, 0.4) is 0 Å². The lowest BCUT2D eigenvalue weighted by Crippen LogP contribution is -2.48. The number of piperazine rings is 1. The van der Waals surface area contributed by atoms with E-state index >= 15 is 0 Å². The summed E-state index contributed by atoms with van der Waals surface area (Å²) >= 11 is 0. The maximum atomic E-state index is 12.9. The second kappa shape index (κ2) is 8.16. The van der Waals surface area contributed by atoms with Crippen molar-refractivity contribution in [1.29, 1.82) is 0 Å². The summed E-state index contributed by atoms with van der Waals surface area (Å²) in [7, 11) is -2.02. The maximum absolute atomic E-state index is 12.9. The number of carbonyl (C=O) groups excluding carboxylic acids is 1. The molecule has 0 radical (unpaired) electrons. The molecule has 144 valence electrons. The Morgan fingerprint density at radius 3 is 2.37 bits per heavy atom. The smallest absolute Gasteiger partial charge is 0.251 e. The average molecular weight is 388 g/mol. The first-order valence-corrected chi connectivity index (χ1v) is 10.3. The molecule has 1 N–H and O–H groups in total. The summed E-state index contributed by atoms with van der Waals surface area (Å²) in [6.45, 7) is 4.95. The number of carbonyl (C=O) groups is 1. The maximum Gasteiger partial charge on any atom is 0.251 e. The zero-order valence-electron chi connectivity index (χ0n) is 15.6. The fourth-order valence-electron chi connectivity index (χ4n) is 3.10. The number of pyridine rings is 1. The Labute approximate surface area is 160 Å². The fourth-order valence-corrected chi connectivity index (χ4v) is 4.52. The Balaban J connectivity index is 1.64. The molecule has 1 aromatic carbocycles. The number of sulfonamides is 1. The van der Waals surface area contributed by atoms with Crippen molar-refractivity contribution < 1.29 is 13.2 Å². The monoisotopic (exact) mass is 388 g/mol. The van der Waals surface area contributed by atoms with Gasteiger partial charge < -0.3 is 5.32 Å². The van der Waals surface area contributed by atoms with Crippen molar-refractivity contribution in [3.63, 3.8) is 0 Å². The predicted molar refractivity (Wildman–Crippen MR) is 103 cm³/mol. The van der Waals surface area contributed by atoms with E-state index in [0.29, 0.717) is 31.7 Å². The van der Waals surface area contributed by atoms with Crippen LogP contribution in [-0.4, -0.2) is 61.7 Å². The van der Waals surface area contributed by atoms with Gasteiger partial charge in [0.15, 0.2) is 0 Å². The van der Waals surface area contributed by atoms with Crippen molar-refractivity contribution in [3.05, 3.63) is 59.4 Å². The molecule has 0 saturated carbocycles. The van der Waals surface area contributed by atoms with Gasteiger partial charge in [-0.05, 0) is 42.8 Å². The Kier molecular flexibility index (Phi) is 5.88. The number of nitrogens with one attached hydrogen (secondary N) is 1. The Morgan fingerprint density at radius 2 is 1.78 bits per heavy atom. The predicted octanol–water partition coefficient (Wildman–Crippen LogP) is 1.26. The molecule has 0 spiro atoms. The van der Waals surface area contributed by atoms with Crippen LogP contribution in [0.4, 0.5) is 0 Å². The van der Waals surface area contributed by atoms with Gasteiger partial charge in [0, 0.05) is 51.5 Å². The number of nitrogens with zero attached hydrogens (tertiary/aromatic N) is 3. The van der Waals surface area contributed by atoms with Gasteiger partial charge >= 0.3 is 0 Å². The Hall–Kier alpha value is -2.29. The standard InChI is InChI=1S/C19H24N4O3S/c1-15-4-3-9-21-18(15)14-22-10-12-23(13-11-22)27(25,26)17-7-5-16(6-8-17)19(24)20-2/h3-9H,10-14H2,1-2H3,(H,20,24). The van der Waals surface area contributed by atoms with Crippen molar-refractivity contribution in [1.82, 2.24) is 19.5 Å². The normalized spacial score (nSPS) is 16.2. The molecule has 0 bridgehead atoms. The highest BCUT2D eigenvalue weighted by molar-refractivity contribution is 7.89. The lowest BCUT2D eigenvalue weighted by Gasteiger charge is -2.34. The van der Waals surface area contributed by atoms with E-state index in [9.17, 15) is 13.2 Å². The highest BCUT2D eigenvalue weighted by atomic mass is 32.2. The van der Waals surface area contributed by atoms with E-state index in [1.54, 1.807) is 13.2 Å². The van der Waals surface area contributed by atoms with E-state index in [4.69, 9.17) is 0 Å². The van der Waals surface area contributed by atoms with Crippen LogP contribution in [0.15, 0.2) is 47.5 Å². The molecule has 3 rings (SSSR count). The molecule has 1 aliphatic rings. The minimum Gasteiger partial charge on any atom is -0.355 e. The molecule has 8 heteroatoms. The largest absolute Gasteiger partial charge is 0.355 e. The van der Waals surface area contributed by atoms with E-state index in [2.05, 4.69) is 15.2 Å². The first-order valence-electron chi connectivity index (χ1n) is 8.87. The van der Waals surface area contributed by atoms with Crippen LogP contribution in [0.2, 0.25) is 0 Å². The summed E-state index contributed by atoms with van der Waals surface area (Å²) in [5, 5.41) is 2.52. The lowest BCUT2D eigenvalue weighted by atomic mass is 10.2. The molecule has 1 aliphatic heterocycles. The summed E-state index contributed by atoms with van der Waals surface area (Å²) in [6.07, 6.45) is 1.78. The van der Waals surface area contributed by atoms with Crippen LogP contribution in [0, 0.1) is 6.92 Å². The molecule has 27 heavy (non-hydrogen) atoms. The fraction of sp³-hybridized carbons (Fsp3) is 0.368. The van der Waals surface area contributed by atoms with Crippen molar-refractivity contribution in [2.24, 2.45) is 0 Å². The summed E-state index contributed by atoms with van der Waals surface area (Å²) in [6, 6.07) is 9.99. The van der Waals surface area contributed by atoms with Gasteiger partial charge in [0.1, 0.15) is 0 Å². The van der Waals surface area contributed by atoms with E-state index < -0.39 is 10.0 Å². The third kappa shape index (κ3) is 4.35. The minimum atomic E-state index is -3.56. The number of aryl methyl sites for hydroxylation is 1. The third-order valence-corrected chi connectivity index (χ3v) is 6.72. The third-order valence-electron chi connectivity index (χ3n) is 4.80. The van der Waals surface area contributed by atoms with Crippen molar-refractivity contribution >= 4 is 15.9 Å². The number of aromatic nitrogens is 1. The van der Waals surface area contributed by atoms with Crippen LogP contribution in [0.1, 0.15) is 21.6 Å². The van der Waals surface area contributed by atoms with Gasteiger partial charge in [0.05, 0.1) is 10.6 Å². The first-order chi connectivity index (χ1) is 12.9. The molecule has 1 amide bonds. The Bertz CT molecular complexity index is 905. The van der Waals surface area contributed by atoms with Crippen LogP contribution in [0.5, 0.6) is 0 Å². The number of hydrogen-bond acceptors (Lipinski definition) is 5. The second-order valence-electron chi connectivity index (χ2n) is 6.55. The first kappa shape index (κ1) is 19.5. The van der Waals surface area contributed by atoms with Gasteiger partial charge in [-0.1, -0.05) is 6.07 Å². The van der Waals surface area contributed by atoms with E-state index in [0.717, 1.165) is 17.8 Å². The van der Waals surface area contributed by atoms with Gasteiger partial charge in [-0.2, -0.15) is 4.31 Å². The summed E-state index contributed by atoms with van der Waals surface area (Å²) < 4.78 is 27.2. The zero-order chi connectivity index (χ0) is 19.4. The molecular weight excluding hydrogens is 364 g/mol. The van der Waals surface area contributed by atoms with Crippen LogP contribution < -0.4 is 5.32 Å². The molecule has 2 aromatic rings. The molecule has 0 unspecified atom stereocenters.